The lowest BCUT2D eigenvalue weighted by molar-refractivity contribution is -0.137. The van der Waals surface area contributed by atoms with Gasteiger partial charge in [0.05, 0.1) is 36.2 Å². The monoisotopic (exact) mass is 553 g/mol. The van der Waals surface area contributed by atoms with Crippen LogP contribution >= 0.6 is 0 Å². The Kier molecular flexibility index (Phi) is 7.24. The van der Waals surface area contributed by atoms with Gasteiger partial charge in [0.1, 0.15) is 12.4 Å². The molecule has 41 heavy (non-hydrogen) atoms. The highest BCUT2D eigenvalue weighted by Crippen LogP contribution is 2.47. The smallest absolute Gasteiger partial charge is 0.266 e. The van der Waals surface area contributed by atoms with Gasteiger partial charge >= 0.3 is 0 Å². The van der Waals surface area contributed by atoms with E-state index >= 15 is 4.39 Å². The van der Waals surface area contributed by atoms with Gasteiger partial charge in [-0.25, -0.2) is 4.39 Å². The Morgan fingerprint density at radius 1 is 1.02 bits per heavy atom. The maximum atomic E-state index is 17.1. The van der Waals surface area contributed by atoms with E-state index in [1.165, 1.54) is 5.01 Å². The van der Waals surface area contributed by atoms with Gasteiger partial charge in [-0.1, -0.05) is 48.5 Å². The van der Waals surface area contributed by atoms with Gasteiger partial charge in [0, 0.05) is 36.4 Å². The van der Waals surface area contributed by atoms with E-state index in [1.807, 2.05) is 24.3 Å². The van der Waals surface area contributed by atoms with E-state index in [2.05, 4.69) is 15.6 Å². The van der Waals surface area contributed by atoms with Crippen molar-refractivity contribution in [3.63, 3.8) is 0 Å². The lowest BCUT2D eigenvalue weighted by atomic mass is 9.88. The fourth-order valence-electron chi connectivity index (χ4n) is 5.38. The van der Waals surface area contributed by atoms with Crippen molar-refractivity contribution in [3.05, 3.63) is 95.6 Å². The third kappa shape index (κ3) is 4.95. The first-order valence-electron chi connectivity index (χ1n) is 13.4. The first-order chi connectivity index (χ1) is 20.0. The maximum absolute atomic E-state index is 17.1. The van der Waals surface area contributed by atoms with E-state index in [9.17, 15) is 14.9 Å². The summed E-state index contributed by atoms with van der Waals surface area (Å²) in [5.74, 6) is -6.29. The number of nitrogens with zero attached hydrogens (tertiary/aromatic N) is 3. The molecule has 3 heterocycles. The van der Waals surface area contributed by atoms with Gasteiger partial charge in [-0.05, 0) is 30.3 Å². The molecule has 0 spiro atoms. The van der Waals surface area contributed by atoms with E-state index in [0.29, 0.717) is 48.1 Å². The number of hydrazine groups is 1. The number of hydrogen-bond donors (Lipinski definition) is 2. The topological polar surface area (TPSA) is 107 Å². The van der Waals surface area contributed by atoms with Gasteiger partial charge in [0.25, 0.3) is 5.79 Å². The number of morpholine rings is 1. The van der Waals surface area contributed by atoms with Crippen molar-refractivity contribution in [1.82, 2.24) is 10.3 Å². The molecule has 10 heteroatoms. The van der Waals surface area contributed by atoms with Crippen molar-refractivity contribution in [2.45, 2.75) is 12.3 Å². The Labute approximate surface area is 236 Å². The number of nitriles is 1. The van der Waals surface area contributed by atoms with E-state index in [-0.39, 0.29) is 12.2 Å². The minimum Gasteiger partial charge on any atom is -0.488 e. The van der Waals surface area contributed by atoms with E-state index < -0.39 is 23.4 Å². The summed E-state index contributed by atoms with van der Waals surface area (Å²) in [5.41, 5.74) is 5.67. The first-order valence-corrected chi connectivity index (χ1v) is 13.4. The van der Waals surface area contributed by atoms with Crippen LogP contribution in [0, 0.1) is 17.2 Å². The SMILES string of the molecule is N#CC(C(=O)Nc1ccccc1)C(=O)C1(F)NN(c2ccccc2)C2=C1COc1c(CN3CCOCC3)cccc12. The van der Waals surface area contributed by atoms with Crippen molar-refractivity contribution >= 4 is 28.8 Å². The number of ketones is 1. The van der Waals surface area contributed by atoms with Crippen LogP contribution in [0.3, 0.4) is 0 Å². The van der Waals surface area contributed by atoms with Crippen LogP contribution in [0.1, 0.15) is 11.1 Å². The lowest BCUT2D eigenvalue weighted by Crippen LogP contribution is -2.55. The Morgan fingerprint density at radius 2 is 1.73 bits per heavy atom. The van der Waals surface area contributed by atoms with E-state index in [1.54, 1.807) is 60.7 Å². The number of carbonyl (C=O) groups is 2. The number of benzene rings is 3. The number of amides is 1. The summed E-state index contributed by atoms with van der Waals surface area (Å²) in [6.45, 7) is 3.28. The number of carbonyl (C=O) groups excluding carboxylic acids is 2. The molecule has 3 aliphatic heterocycles. The number of hydrogen-bond acceptors (Lipinski definition) is 8. The van der Waals surface area contributed by atoms with E-state index in [4.69, 9.17) is 9.47 Å². The zero-order chi connectivity index (χ0) is 28.4. The molecule has 3 aliphatic rings. The summed E-state index contributed by atoms with van der Waals surface area (Å²) in [6, 6.07) is 24.8. The predicted molar refractivity (Wildman–Crippen MR) is 150 cm³/mol. The van der Waals surface area contributed by atoms with Gasteiger partial charge in [-0.2, -0.15) is 10.7 Å². The molecular weight excluding hydrogens is 525 g/mol. The Balaban J connectivity index is 1.39. The van der Waals surface area contributed by atoms with Crippen LogP contribution < -0.4 is 20.5 Å². The number of ether oxygens (including phenoxy) is 2. The molecule has 2 unspecified atom stereocenters. The molecule has 0 aromatic heterocycles. The standard InChI is InChI=1S/C31H28FN5O4/c32-31(29(38)25(18-33)30(39)34-22-9-3-1-4-10-22)26-20-41-28-21(19-36-14-16-40-17-15-36)8-7-13-24(28)27(26)37(35-31)23-11-5-2-6-12-23/h1-13,25,35H,14-17,19-20H2,(H,34,39). The summed E-state index contributed by atoms with van der Waals surface area (Å²) >= 11 is 0. The van der Waals surface area contributed by atoms with Crippen LogP contribution in [-0.2, 0) is 20.9 Å². The number of alkyl halides is 1. The zero-order valence-corrected chi connectivity index (χ0v) is 22.2. The van der Waals surface area contributed by atoms with Crippen molar-refractivity contribution in [3.8, 4) is 11.8 Å². The van der Waals surface area contributed by atoms with Crippen LogP contribution in [-0.4, -0.2) is 55.3 Å². The second kappa shape index (κ2) is 11.1. The number of Topliss-reactive ketones (excluding diaryl/α,β-unsaturated/α-hetero) is 1. The molecule has 9 nitrogen and oxygen atoms in total. The molecule has 208 valence electrons. The van der Waals surface area contributed by atoms with Crippen LogP contribution in [0.25, 0.3) is 5.70 Å². The number of anilines is 2. The third-order valence-electron chi connectivity index (χ3n) is 7.45. The van der Waals surface area contributed by atoms with Crippen LogP contribution in [0.4, 0.5) is 15.8 Å². The molecule has 1 amide bonds. The van der Waals surface area contributed by atoms with Gasteiger partial charge in [-0.15, -0.1) is 0 Å². The number of nitrogens with one attached hydrogen (secondary N) is 2. The molecular formula is C31H28FN5O4. The minimum atomic E-state index is -2.86. The maximum Gasteiger partial charge on any atom is 0.266 e. The second-order valence-electron chi connectivity index (χ2n) is 10.0. The summed E-state index contributed by atoms with van der Waals surface area (Å²) in [5, 5.41) is 13.9. The van der Waals surface area contributed by atoms with Crippen molar-refractivity contribution in [2.75, 3.05) is 43.2 Å². The molecule has 3 aromatic carbocycles. The highest BCUT2D eigenvalue weighted by atomic mass is 19.1. The summed E-state index contributed by atoms with van der Waals surface area (Å²) in [6.07, 6.45) is 0. The molecule has 6 rings (SSSR count). The van der Waals surface area contributed by atoms with Gasteiger partial charge in [0.15, 0.2) is 5.92 Å². The quantitative estimate of drug-likeness (QED) is 0.337. The largest absolute Gasteiger partial charge is 0.488 e. The fourth-order valence-corrected chi connectivity index (χ4v) is 5.38. The molecule has 1 fully saturated rings. The molecule has 3 aromatic rings. The molecule has 0 aliphatic carbocycles. The van der Waals surface area contributed by atoms with Gasteiger partial charge in [-0.3, -0.25) is 19.5 Å². The van der Waals surface area contributed by atoms with Crippen molar-refractivity contribution < 1.29 is 23.5 Å². The average molecular weight is 554 g/mol. The van der Waals surface area contributed by atoms with Crippen LogP contribution in [0.15, 0.2) is 84.4 Å². The highest BCUT2D eigenvalue weighted by Gasteiger charge is 2.56. The summed E-state index contributed by atoms with van der Waals surface area (Å²) in [4.78, 5) is 29.0. The first kappa shape index (κ1) is 26.7. The van der Waals surface area contributed by atoms with Gasteiger partial charge in [0.2, 0.25) is 11.7 Å². The Bertz CT molecular complexity index is 1540. The molecule has 2 N–H and O–H groups in total. The molecule has 2 atom stereocenters. The third-order valence-corrected chi connectivity index (χ3v) is 7.45. The fraction of sp³-hybridized carbons (Fsp3) is 0.258. The Morgan fingerprint density at radius 3 is 2.44 bits per heavy atom. The minimum absolute atomic E-state index is 0.00939. The summed E-state index contributed by atoms with van der Waals surface area (Å²) < 4.78 is 28.7. The number of halogens is 1. The highest BCUT2D eigenvalue weighted by molar-refractivity contribution is 6.14. The number of para-hydroxylation sites is 3. The van der Waals surface area contributed by atoms with E-state index in [0.717, 1.165) is 18.7 Å². The average Bonchev–Trinajstić information content (AvgIpc) is 3.33. The number of rotatable bonds is 7. The van der Waals surface area contributed by atoms with Crippen molar-refractivity contribution in [1.29, 1.82) is 5.26 Å². The molecule has 1 saturated heterocycles. The molecule has 0 bridgehead atoms. The molecule has 0 radical (unpaired) electrons. The lowest BCUT2D eigenvalue weighted by Gasteiger charge is -2.30. The predicted octanol–water partition coefficient (Wildman–Crippen LogP) is 3.66. The van der Waals surface area contributed by atoms with Crippen LogP contribution in [0.5, 0.6) is 5.75 Å². The normalized spacial score (nSPS) is 20.8. The number of fused-ring (bicyclic) bond motifs is 2. The van der Waals surface area contributed by atoms with Crippen LogP contribution in [0.2, 0.25) is 0 Å². The second-order valence-corrected chi connectivity index (χ2v) is 10.0. The zero-order valence-electron chi connectivity index (χ0n) is 22.2. The van der Waals surface area contributed by atoms with Crippen molar-refractivity contribution in [2.24, 2.45) is 5.92 Å². The molecule has 0 saturated carbocycles. The summed E-state index contributed by atoms with van der Waals surface area (Å²) in [7, 11) is 0. The Hall–Kier alpha value is -4.56. The van der Waals surface area contributed by atoms with Gasteiger partial charge < -0.3 is 14.8 Å².